The Hall–Kier alpha value is -3.02. The van der Waals surface area contributed by atoms with E-state index in [1.165, 1.54) is 0 Å². The van der Waals surface area contributed by atoms with Gasteiger partial charge >= 0.3 is 6.18 Å². The topological polar surface area (TPSA) is 55.1 Å². The molecule has 3 aromatic rings. The predicted molar refractivity (Wildman–Crippen MR) is 95.7 cm³/mol. The second-order valence-electron chi connectivity index (χ2n) is 6.07. The molecule has 3 N–H and O–H groups in total. The first-order valence-corrected chi connectivity index (χ1v) is 8.02. The van der Waals surface area contributed by atoms with Crippen molar-refractivity contribution < 1.29 is 18.0 Å². The molecule has 0 heterocycles. The highest BCUT2D eigenvalue weighted by Gasteiger charge is 2.35. The summed E-state index contributed by atoms with van der Waals surface area (Å²) in [6.07, 6.45) is -4.64. The van der Waals surface area contributed by atoms with E-state index in [4.69, 9.17) is 5.73 Å². The molecule has 0 saturated heterocycles. The lowest BCUT2D eigenvalue weighted by atomic mass is 9.99. The first-order chi connectivity index (χ1) is 12.3. The maximum atomic E-state index is 13.2. The Morgan fingerprint density at radius 2 is 1.73 bits per heavy atom. The van der Waals surface area contributed by atoms with Gasteiger partial charge in [0.2, 0.25) is 0 Å². The van der Waals surface area contributed by atoms with Crippen LogP contribution in [0.25, 0.3) is 10.8 Å². The van der Waals surface area contributed by atoms with Crippen molar-refractivity contribution >= 4 is 22.4 Å². The third-order valence-corrected chi connectivity index (χ3v) is 4.23. The molecule has 1 amide bonds. The number of amides is 1. The lowest BCUT2D eigenvalue weighted by Crippen LogP contribution is -2.29. The quantitative estimate of drug-likeness (QED) is 0.652. The molecular weight excluding hydrogens is 341 g/mol. The Morgan fingerprint density at radius 1 is 1.04 bits per heavy atom. The molecular formula is C20H17F3N2O. The maximum Gasteiger partial charge on any atom is 0.417 e. The number of hydrogen-bond donors (Lipinski definition) is 2. The molecule has 1 unspecified atom stereocenters. The van der Waals surface area contributed by atoms with E-state index in [9.17, 15) is 18.0 Å². The summed E-state index contributed by atoms with van der Waals surface area (Å²) in [7, 11) is 0. The van der Waals surface area contributed by atoms with E-state index in [1.807, 2.05) is 42.5 Å². The third kappa shape index (κ3) is 3.49. The highest BCUT2D eigenvalue weighted by molar-refractivity contribution is 5.97. The molecule has 0 spiro atoms. The first kappa shape index (κ1) is 17.8. The Morgan fingerprint density at radius 3 is 2.46 bits per heavy atom. The van der Waals surface area contributed by atoms with Gasteiger partial charge in [0, 0.05) is 5.69 Å². The van der Waals surface area contributed by atoms with Crippen LogP contribution in [-0.4, -0.2) is 5.91 Å². The summed E-state index contributed by atoms with van der Waals surface area (Å²) >= 11 is 0. The van der Waals surface area contributed by atoms with Crippen molar-refractivity contribution in [2.45, 2.75) is 19.1 Å². The number of hydrogen-bond acceptors (Lipinski definition) is 2. The fourth-order valence-electron chi connectivity index (χ4n) is 2.98. The lowest BCUT2D eigenvalue weighted by molar-refractivity contribution is -0.137. The third-order valence-electron chi connectivity index (χ3n) is 4.23. The number of nitrogens with one attached hydrogen (secondary N) is 1. The highest BCUT2D eigenvalue weighted by atomic mass is 19.4. The van der Waals surface area contributed by atoms with Crippen LogP contribution < -0.4 is 11.1 Å². The molecule has 26 heavy (non-hydrogen) atoms. The summed E-state index contributed by atoms with van der Waals surface area (Å²) < 4.78 is 39.6. The van der Waals surface area contributed by atoms with Crippen LogP contribution >= 0.6 is 0 Å². The van der Waals surface area contributed by atoms with Crippen LogP contribution in [0.4, 0.5) is 18.9 Å². The molecule has 134 valence electrons. The number of rotatable bonds is 3. The van der Waals surface area contributed by atoms with E-state index in [0.29, 0.717) is 0 Å². The fraction of sp³-hybridized carbons (Fsp3) is 0.150. The van der Waals surface area contributed by atoms with Gasteiger partial charge in [0.1, 0.15) is 0 Å². The summed E-state index contributed by atoms with van der Waals surface area (Å²) in [5, 5.41) is 4.58. The molecule has 3 nitrogen and oxygen atoms in total. The van der Waals surface area contributed by atoms with Gasteiger partial charge in [0.25, 0.3) is 5.91 Å². The van der Waals surface area contributed by atoms with Crippen LogP contribution in [0.2, 0.25) is 0 Å². The van der Waals surface area contributed by atoms with Crippen molar-refractivity contribution in [2.75, 3.05) is 5.73 Å². The summed E-state index contributed by atoms with van der Waals surface area (Å²) in [5.74, 6) is -0.815. The summed E-state index contributed by atoms with van der Waals surface area (Å²) in [6, 6.07) is 15.8. The minimum absolute atomic E-state index is 0.0981. The van der Waals surface area contributed by atoms with Gasteiger partial charge < -0.3 is 11.1 Å². The average Bonchev–Trinajstić information content (AvgIpc) is 2.60. The monoisotopic (exact) mass is 358 g/mol. The minimum Gasteiger partial charge on any atom is -0.399 e. The van der Waals surface area contributed by atoms with Crippen LogP contribution in [0.3, 0.4) is 0 Å². The highest BCUT2D eigenvalue weighted by Crippen LogP contribution is 2.33. The molecule has 0 fully saturated rings. The molecule has 0 radical (unpaired) electrons. The van der Waals surface area contributed by atoms with Gasteiger partial charge in [0.05, 0.1) is 17.2 Å². The molecule has 3 aromatic carbocycles. The SMILES string of the molecule is CC(NC(=O)c1cc(N)ccc1C(F)(F)F)c1cccc2ccccc12. The van der Waals surface area contributed by atoms with Crippen molar-refractivity contribution in [3.8, 4) is 0 Å². The van der Waals surface area contributed by atoms with Crippen molar-refractivity contribution in [3.63, 3.8) is 0 Å². The standard InChI is InChI=1S/C20H17F3N2O/c1-12(15-8-4-6-13-5-2-3-7-16(13)15)25-19(26)17-11-14(24)9-10-18(17)20(21,22)23/h2-12H,24H2,1H3,(H,25,26). The molecule has 3 rings (SSSR count). The summed E-state index contributed by atoms with van der Waals surface area (Å²) in [6.45, 7) is 1.74. The van der Waals surface area contributed by atoms with Gasteiger partial charge in [-0.05, 0) is 41.5 Å². The second-order valence-corrected chi connectivity index (χ2v) is 6.07. The molecule has 0 aliphatic heterocycles. The Bertz CT molecular complexity index is 961. The molecule has 0 saturated carbocycles. The zero-order valence-corrected chi connectivity index (χ0v) is 14.0. The Balaban J connectivity index is 1.94. The summed E-state index contributed by atoms with van der Waals surface area (Å²) in [5.41, 5.74) is 5.02. The zero-order chi connectivity index (χ0) is 18.9. The van der Waals surface area contributed by atoms with Crippen LogP contribution in [0.15, 0.2) is 60.7 Å². The number of halogens is 3. The molecule has 1 atom stereocenters. The lowest BCUT2D eigenvalue weighted by Gasteiger charge is -2.19. The molecule has 0 aromatic heterocycles. The molecule has 0 aliphatic rings. The number of nitrogen functional groups attached to an aromatic ring is 1. The van der Waals surface area contributed by atoms with Crippen LogP contribution in [0.5, 0.6) is 0 Å². The van der Waals surface area contributed by atoms with Gasteiger partial charge in [-0.25, -0.2) is 0 Å². The normalized spacial score (nSPS) is 12.8. The van der Waals surface area contributed by atoms with Crippen molar-refractivity contribution in [1.82, 2.24) is 5.32 Å². The smallest absolute Gasteiger partial charge is 0.399 e. The predicted octanol–water partition coefficient (Wildman–Crippen LogP) is 4.93. The van der Waals surface area contributed by atoms with E-state index in [0.717, 1.165) is 34.5 Å². The number of nitrogens with two attached hydrogens (primary N) is 1. The number of carbonyl (C=O) groups excluding carboxylic acids is 1. The number of alkyl halides is 3. The van der Waals surface area contributed by atoms with Crippen molar-refractivity contribution in [3.05, 3.63) is 77.4 Å². The van der Waals surface area contributed by atoms with E-state index >= 15 is 0 Å². The van der Waals surface area contributed by atoms with Crippen LogP contribution in [-0.2, 0) is 6.18 Å². The number of anilines is 1. The number of carbonyl (C=O) groups is 1. The van der Waals surface area contributed by atoms with Crippen molar-refractivity contribution in [2.24, 2.45) is 0 Å². The minimum atomic E-state index is -4.64. The van der Waals surface area contributed by atoms with E-state index < -0.39 is 29.3 Å². The molecule has 0 aliphatic carbocycles. The first-order valence-electron chi connectivity index (χ1n) is 8.02. The molecule has 6 heteroatoms. The fourth-order valence-corrected chi connectivity index (χ4v) is 2.98. The largest absolute Gasteiger partial charge is 0.417 e. The number of fused-ring (bicyclic) bond motifs is 1. The zero-order valence-electron chi connectivity index (χ0n) is 14.0. The maximum absolute atomic E-state index is 13.2. The van der Waals surface area contributed by atoms with Gasteiger partial charge in [0.15, 0.2) is 0 Å². The van der Waals surface area contributed by atoms with Crippen LogP contribution in [0, 0.1) is 0 Å². The van der Waals surface area contributed by atoms with Gasteiger partial charge in [-0.2, -0.15) is 13.2 Å². The van der Waals surface area contributed by atoms with Gasteiger partial charge in [-0.1, -0.05) is 42.5 Å². The second kappa shape index (κ2) is 6.71. The molecule has 0 bridgehead atoms. The average molecular weight is 358 g/mol. The van der Waals surface area contributed by atoms with E-state index in [2.05, 4.69) is 5.32 Å². The van der Waals surface area contributed by atoms with Crippen molar-refractivity contribution in [1.29, 1.82) is 0 Å². The van der Waals surface area contributed by atoms with Gasteiger partial charge in [-0.3, -0.25) is 4.79 Å². The van der Waals surface area contributed by atoms with Crippen LogP contribution in [0.1, 0.15) is 34.5 Å². The summed E-state index contributed by atoms with van der Waals surface area (Å²) in [4.78, 5) is 12.5. The van der Waals surface area contributed by atoms with Gasteiger partial charge in [-0.15, -0.1) is 0 Å². The Labute approximate surface area is 148 Å². The Kier molecular flexibility index (Phi) is 4.59. The van der Waals surface area contributed by atoms with E-state index in [-0.39, 0.29) is 5.69 Å². The number of benzene rings is 3. The van der Waals surface area contributed by atoms with E-state index in [1.54, 1.807) is 6.92 Å².